The molecule has 2 N–H and O–H groups in total. The fourth-order valence-electron chi connectivity index (χ4n) is 3.13. The van der Waals surface area contributed by atoms with Crippen molar-refractivity contribution in [2.45, 2.75) is 53.5 Å². The van der Waals surface area contributed by atoms with Crippen molar-refractivity contribution >= 4 is 28.4 Å². The van der Waals surface area contributed by atoms with Gasteiger partial charge in [-0.25, -0.2) is 4.98 Å². The van der Waals surface area contributed by atoms with Gasteiger partial charge in [-0.15, -0.1) is 11.3 Å². The molecular formula is C28H37N3OS. The van der Waals surface area contributed by atoms with Crippen molar-refractivity contribution in [3.63, 3.8) is 0 Å². The lowest BCUT2D eigenvalue weighted by Crippen LogP contribution is -2.27. The molecule has 1 aromatic carbocycles. The third kappa shape index (κ3) is 9.07. The van der Waals surface area contributed by atoms with Crippen LogP contribution in [0.3, 0.4) is 0 Å². The molecule has 33 heavy (non-hydrogen) atoms. The monoisotopic (exact) mass is 463 g/mol. The number of thiazole rings is 1. The summed E-state index contributed by atoms with van der Waals surface area (Å²) in [7, 11) is 0. The number of amides is 1. The Morgan fingerprint density at radius 3 is 2.55 bits per heavy atom. The van der Waals surface area contributed by atoms with Crippen molar-refractivity contribution in [2.24, 2.45) is 0 Å². The van der Waals surface area contributed by atoms with Crippen LogP contribution in [0.4, 0.5) is 0 Å². The molecule has 0 bridgehead atoms. The van der Waals surface area contributed by atoms with Gasteiger partial charge in [-0.05, 0) is 37.8 Å². The van der Waals surface area contributed by atoms with Gasteiger partial charge in [0.1, 0.15) is 11.0 Å². The lowest BCUT2D eigenvalue weighted by molar-refractivity contribution is -0.120. The number of rotatable bonds is 7. The Morgan fingerprint density at radius 2 is 2.03 bits per heavy atom. The minimum Gasteiger partial charge on any atom is -0.360 e. The van der Waals surface area contributed by atoms with Gasteiger partial charge in [-0.2, -0.15) is 0 Å². The van der Waals surface area contributed by atoms with Crippen LogP contribution in [0, 0.1) is 6.92 Å². The Kier molecular flexibility index (Phi) is 12.5. The number of hydrogen-bond acceptors (Lipinski definition) is 4. The molecule has 3 rings (SSSR count). The Bertz CT molecular complexity index is 1000. The van der Waals surface area contributed by atoms with Gasteiger partial charge in [0.05, 0.1) is 5.82 Å². The van der Waals surface area contributed by atoms with Crippen molar-refractivity contribution in [1.82, 2.24) is 15.6 Å². The summed E-state index contributed by atoms with van der Waals surface area (Å²) in [5, 5.41) is 8.48. The van der Waals surface area contributed by atoms with Crippen LogP contribution < -0.4 is 10.6 Å². The molecule has 5 heteroatoms. The van der Waals surface area contributed by atoms with E-state index in [9.17, 15) is 4.79 Å². The zero-order valence-corrected chi connectivity index (χ0v) is 21.4. The van der Waals surface area contributed by atoms with Crippen LogP contribution in [0.2, 0.25) is 0 Å². The zero-order chi connectivity index (χ0) is 24.8. The quantitative estimate of drug-likeness (QED) is 0.442. The van der Waals surface area contributed by atoms with E-state index >= 15 is 0 Å². The minimum absolute atomic E-state index is 0.0434. The number of aromatic nitrogens is 1. The van der Waals surface area contributed by atoms with Gasteiger partial charge in [-0.3, -0.25) is 4.79 Å². The maximum atomic E-state index is 11.5. The molecule has 4 nitrogen and oxygen atoms in total. The van der Waals surface area contributed by atoms with Crippen molar-refractivity contribution in [3.05, 3.63) is 101 Å². The molecule has 1 fully saturated rings. The smallest absolute Gasteiger partial charge is 0.248 e. The van der Waals surface area contributed by atoms with E-state index in [4.69, 9.17) is 0 Å². The number of hydrogen-bond donors (Lipinski definition) is 2. The first-order valence-electron chi connectivity index (χ1n) is 11.3. The molecule has 1 aromatic heterocycles. The molecule has 1 aliphatic heterocycles. The topological polar surface area (TPSA) is 54.0 Å². The molecular weight excluding hydrogens is 426 g/mol. The number of nitrogens with zero attached hydrogens (tertiary/aromatic N) is 1. The molecule has 2 aromatic rings. The van der Waals surface area contributed by atoms with Gasteiger partial charge in [-0.1, -0.05) is 94.1 Å². The number of allylic oxidation sites excluding steroid dienone is 5. The second-order valence-corrected chi connectivity index (χ2v) is 8.19. The highest BCUT2D eigenvalue weighted by molar-refractivity contribution is 7.10. The van der Waals surface area contributed by atoms with Gasteiger partial charge in [0, 0.05) is 17.2 Å². The summed E-state index contributed by atoms with van der Waals surface area (Å²) in [6, 6.07) is 6.32. The normalized spacial score (nSPS) is 15.1. The van der Waals surface area contributed by atoms with E-state index in [1.807, 2.05) is 37.5 Å². The number of carbonyl (C=O) groups is 1. The highest BCUT2D eigenvalue weighted by Crippen LogP contribution is 2.20. The van der Waals surface area contributed by atoms with Crippen LogP contribution in [0.5, 0.6) is 0 Å². The van der Waals surface area contributed by atoms with Crippen LogP contribution in [-0.2, 0) is 11.2 Å². The molecule has 2 heterocycles. The molecule has 176 valence electrons. The third-order valence-corrected chi connectivity index (χ3v) is 5.51. The van der Waals surface area contributed by atoms with Crippen molar-refractivity contribution in [3.8, 4) is 0 Å². The van der Waals surface area contributed by atoms with Crippen molar-refractivity contribution in [2.75, 3.05) is 0 Å². The Balaban J connectivity index is 0.000000335. The molecule has 1 unspecified atom stereocenters. The third-order valence-electron chi connectivity index (χ3n) is 4.69. The lowest BCUT2D eigenvalue weighted by atomic mass is 9.98. The summed E-state index contributed by atoms with van der Waals surface area (Å²) < 4.78 is 0. The molecule has 0 aliphatic carbocycles. The standard InChI is InChI=1S/C14H15N3OS.C12H16.C2H6/c1-3-5-11(14-15-8-9-19-14)6-4-7-12-13(18)17-10(2)16-12;1-5-11-7-6-10(4)8-12(11)9(2)3;1-2/h3-6,8-9,12,16H,1-2,7H2,(H,17,18);6-8H,2,5H2,1,3-4H3;1-2H3/b6-4-,11-5+;;. The van der Waals surface area contributed by atoms with Crippen LogP contribution in [-0.4, -0.2) is 16.9 Å². The van der Waals surface area contributed by atoms with Crippen LogP contribution in [0.15, 0.2) is 79.6 Å². The van der Waals surface area contributed by atoms with E-state index in [-0.39, 0.29) is 11.9 Å². The zero-order valence-electron chi connectivity index (χ0n) is 20.6. The summed E-state index contributed by atoms with van der Waals surface area (Å²) in [4.78, 5) is 15.8. The number of aryl methyl sites for hydroxylation is 2. The molecule has 0 radical (unpaired) electrons. The number of carbonyl (C=O) groups excluding carboxylic acids is 1. The van der Waals surface area contributed by atoms with Gasteiger partial charge >= 0.3 is 0 Å². The SMILES string of the molecule is C=C(C)c1cc(C)ccc1CC.C=C/C=C(\C=C/CC1NC(=C)NC1=O)c1nccs1.CC. The maximum Gasteiger partial charge on any atom is 0.248 e. The first-order chi connectivity index (χ1) is 15.8. The predicted octanol–water partition coefficient (Wildman–Crippen LogP) is 6.83. The van der Waals surface area contributed by atoms with Gasteiger partial charge in [0.25, 0.3) is 0 Å². The van der Waals surface area contributed by atoms with E-state index in [1.165, 1.54) is 16.7 Å². The van der Waals surface area contributed by atoms with E-state index in [0.717, 1.165) is 22.6 Å². The van der Waals surface area contributed by atoms with Gasteiger partial charge in [0.15, 0.2) is 0 Å². The molecule has 1 aliphatic rings. The molecule has 1 amide bonds. The average molecular weight is 464 g/mol. The van der Waals surface area contributed by atoms with Crippen molar-refractivity contribution < 1.29 is 4.79 Å². The number of nitrogens with one attached hydrogen (secondary N) is 2. The Hall–Kier alpha value is -3.18. The molecule has 0 saturated carbocycles. The van der Waals surface area contributed by atoms with Crippen LogP contribution >= 0.6 is 11.3 Å². The first kappa shape index (κ1) is 27.9. The van der Waals surface area contributed by atoms with E-state index in [0.29, 0.717) is 12.2 Å². The van der Waals surface area contributed by atoms with Gasteiger partial charge < -0.3 is 10.6 Å². The predicted molar refractivity (Wildman–Crippen MR) is 145 cm³/mol. The summed E-state index contributed by atoms with van der Waals surface area (Å²) >= 11 is 1.57. The fourth-order valence-corrected chi connectivity index (χ4v) is 3.78. The second-order valence-electron chi connectivity index (χ2n) is 7.29. The first-order valence-corrected chi connectivity index (χ1v) is 12.1. The van der Waals surface area contributed by atoms with Crippen LogP contribution in [0.25, 0.3) is 11.1 Å². The van der Waals surface area contributed by atoms with Crippen molar-refractivity contribution in [1.29, 1.82) is 0 Å². The summed E-state index contributed by atoms with van der Waals surface area (Å²) in [5.41, 5.74) is 6.17. The van der Waals surface area contributed by atoms with E-state index in [2.05, 4.69) is 74.3 Å². The minimum atomic E-state index is -0.245. The van der Waals surface area contributed by atoms with E-state index in [1.54, 1.807) is 23.6 Å². The number of benzene rings is 1. The van der Waals surface area contributed by atoms with Crippen LogP contribution in [0.1, 0.15) is 55.8 Å². The maximum absolute atomic E-state index is 11.5. The summed E-state index contributed by atoms with van der Waals surface area (Å²) in [6.07, 6.45) is 11.0. The summed E-state index contributed by atoms with van der Waals surface area (Å²) in [5.74, 6) is 0.517. The van der Waals surface area contributed by atoms with E-state index < -0.39 is 0 Å². The Morgan fingerprint density at radius 1 is 1.30 bits per heavy atom. The second kappa shape index (κ2) is 14.8. The lowest BCUT2D eigenvalue weighted by Gasteiger charge is -2.07. The molecule has 1 atom stereocenters. The highest BCUT2D eigenvalue weighted by Gasteiger charge is 2.24. The average Bonchev–Trinajstić information content (AvgIpc) is 3.44. The molecule has 0 spiro atoms. The fraction of sp³-hybridized carbons (Fsp3) is 0.286. The largest absolute Gasteiger partial charge is 0.360 e. The van der Waals surface area contributed by atoms with Gasteiger partial charge in [0.2, 0.25) is 5.91 Å². The Labute approximate surface area is 203 Å². The summed E-state index contributed by atoms with van der Waals surface area (Å²) in [6.45, 7) is 21.7. The highest BCUT2D eigenvalue weighted by atomic mass is 32.1. The molecule has 1 saturated heterocycles.